The molecule has 1 amide bonds. The molecule has 1 saturated heterocycles. The van der Waals surface area contributed by atoms with E-state index in [0.717, 1.165) is 17.6 Å². The summed E-state index contributed by atoms with van der Waals surface area (Å²) in [6.07, 6.45) is 5.44. The predicted octanol–water partition coefficient (Wildman–Crippen LogP) is 4.48. The summed E-state index contributed by atoms with van der Waals surface area (Å²) >= 11 is 4.00. The number of nitrogens with one attached hydrogen (secondary N) is 1. The molecule has 0 unspecified atom stereocenters. The molecule has 3 fully saturated rings. The Morgan fingerprint density at radius 3 is 2.60 bits per heavy atom. The Bertz CT molecular complexity index is 600. The third-order valence-electron chi connectivity index (χ3n) is 5.97. The Balaban J connectivity index is 1.23. The van der Waals surface area contributed by atoms with Gasteiger partial charge in [-0.15, -0.1) is 23.5 Å². The van der Waals surface area contributed by atoms with E-state index in [9.17, 15) is 4.79 Å². The van der Waals surface area contributed by atoms with Gasteiger partial charge in [-0.3, -0.25) is 4.79 Å². The van der Waals surface area contributed by atoms with Crippen LogP contribution in [0.2, 0.25) is 0 Å². The van der Waals surface area contributed by atoms with Crippen molar-refractivity contribution < 1.29 is 9.53 Å². The lowest BCUT2D eigenvalue weighted by atomic mass is 9.84. The van der Waals surface area contributed by atoms with Gasteiger partial charge in [-0.25, -0.2) is 0 Å². The lowest BCUT2D eigenvalue weighted by Gasteiger charge is -2.28. The lowest BCUT2D eigenvalue weighted by molar-refractivity contribution is -0.124. The second kappa shape index (κ2) is 7.83. The van der Waals surface area contributed by atoms with Gasteiger partial charge in [0.25, 0.3) is 5.91 Å². The van der Waals surface area contributed by atoms with E-state index in [-0.39, 0.29) is 18.6 Å². The second-order valence-corrected chi connectivity index (χ2v) is 10.4. The van der Waals surface area contributed by atoms with Crippen LogP contribution in [0.3, 0.4) is 0 Å². The SMILES string of the molecule is C[C@H](NC(=O)COc1ccc(C2SCCS2)cc1)[C@H]1C[C@@H]2CC[C@@H]1C2. The zero-order valence-electron chi connectivity index (χ0n) is 14.8. The number of ether oxygens (including phenoxy) is 1. The van der Waals surface area contributed by atoms with Gasteiger partial charge in [-0.05, 0) is 61.6 Å². The van der Waals surface area contributed by atoms with Crippen molar-refractivity contribution in [2.45, 2.75) is 43.2 Å². The average Bonchev–Trinajstić information content (AvgIpc) is 3.37. The van der Waals surface area contributed by atoms with Crippen molar-refractivity contribution in [3.05, 3.63) is 29.8 Å². The van der Waals surface area contributed by atoms with Crippen LogP contribution >= 0.6 is 23.5 Å². The first-order chi connectivity index (χ1) is 12.2. The van der Waals surface area contributed by atoms with Crippen LogP contribution in [-0.2, 0) is 4.79 Å². The molecule has 1 aromatic carbocycles. The van der Waals surface area contributed by atoms with Crippen molar-refractivity contribution in [3.63, 3.8) is 0 Å². The van der Waals surface area contributed by atoms with E-state index in [1.165, 1.54) is 42.8 Å². The van der Waals surface area contributed by atoms with Crippen LogP contribution in [0.15, 0.2) is 24.3 Å². The smallest absolute Gasteiger partial charge is 0.258 e. The van der Waals surface area contributed by atoms with Gasteiger partial charge in [0.15, 0.2) is 6.61 Å². The zero-order valence-corrected chi connectivity index (χ0v) is 16.4. The van der Waals surface area contributed by atoms with E-state index < -0.39 is 0 Å². The number of carbonyl (C=O) groups excluding carboxylic acids is 1. The van der Waals surface area contributed by atoms with Crippen LogP contribution < -0.4 is 10.1 Å². The van der Waals surface area contributed by atoms with Gasteiger partial charge in [0, 0.05) is 17.5 Å². The fraction of sp³-hybridized carbons (Fsp3) is 0.650. The van der Waals surface area contributed by atoms with Gasteiger partial charge in [0.05, 0.1) is 4.58 Å². The molecule has 1 heterocycles. The first-order valence-corrected chi connectivity index (χ1v) is 11.5. The van der Waals surface area contributed by atoms with E-state index in [1.807, 2.05) is 35.7 Å². The molecule has 2 bridgehead atoms. The number of hydrogen-bond donors (Lipinski definition) is 1. The first-order valence-electron chi connectivity index (χ1n) is 9.44. The molecule has 4 rings (SSSR count). The maximum Gasteiger partial charge on any atom is 0.258 e. The van der Waals surface area contributed by atoms with Gasteiger partial charge in [0.2, 0.25) is 0 Å². The van der Waals surface area contributed by atoms with Crippen molar-refractivity contribution in [2.24, 2.45) is 17.8 Å². The summed E-state index contributed by atoms with van der Waals surface area (Å²) in [6, 6.07) is 8.50. The Morgan fingerprint density at radius 2 is 1.96 bits per heavy atom. The molecular weight excluding hydrogens is 350 g/mol. The summed E-state index contributed by atoms with van der Waals surface area (Å²) in [5, 5.41) is 3.16. The molecule has 2 saturated carbocycles. The molecule has 3 nitrogen and oxygen atoms in total. The Labute approximate surface area is 159 Å². The van der Waals surface area contributed by atoms with Gasteiger partial charge >= 0.3 is 0 Å². The third kappa shape index (κ3) is 4.13. The van der Waals surface area contributed by atoms with Crippen molar-refractivity contribution in [2.75, 3.05) is 18.1 Å². The maximum atomic E-state index is 12.2. The summed E-state index contributed by atoms with van der Waals surface area (Å²) in [4.78, 5) is 12.2. The lowest BCUT2D eigenvalue weighted by Crippen LogP contribution is -2.42. The van der Waals surface area contributed by atoms with Crippen LogP contribution in [0.5, 0.6) is 5.75 Å². The third-order valence-corrected chi connectivity index (χ3v) is 9.07. The fourth-order valence-electron chi connectivity index (χ4n) is 4.73. The van der Waals surface area contributed by atoms with Gasteiger partial charge in [-0.2, -0.15) is 0 Å². The van der Waals surface area contributed by atoms with E-state index in [4.69, 9.17) is 4.74 Å². The number of benzene rings is 1. The highest BCUT2D eigenvalue weighted by Crippen LogP contribution is 2.49. The van der Waals surface area contributed by atoms with Crippen molar-refractivity contribution >= 4 is 29.4 Å². The highest BCUT2D eigenvalue weighted by Gasteiger charge is 2.42. The molecule has 4 atom stereocenters. The quantitative estimate of drug-likeness (QED) is 0.793. The van der Waals surface area contributed by atoms with Gasteiger partial charge < -0.3 is 10.1 Å². The molecule has 136 valence electrons. The summed E-state index contributed by atoms with van der Waals surface area (Å²) in [6.45, 7) is 2.27. The van der Waals surface area contributed by atoms with Crippen molar-refractivity contribution in [3.8, 4) is 5.75 Å². The largest absolute Gasteiger partial charge is 0.484 e. The minimum absolute atomic E-state index is 0.00116. The molecule has 0 aromatic heterocycles. The summed E-state index contributed by atoms with van der Waals surface area (Å²) in [5.74, 6) is 5.66. The zero-order chi connectivity index (χ0) is 17.2. The van der Waals surface area contributed by atoms with E-state index in [0.29, 0.717) is 10.5 Å². The molecule has 0 spiro atoms. The fourth-order valence-corrected chi connectivity index (χ4v) is 7.59. The standard InChI is InChI=1S/C20H27NO2S2/c1-13(18-11-14-2-3-16(18)10-14)21-19(22)12-23-17-6-4-15(5-7-17)20-24-8-9-25-20/h4-7,13-14,16,18,20H,2-3,8-12H2,1H3,(H,21,22)/t13-,14+,16+,18+/m0/s1. The van der Waals surface area contributed by atoms with Crippen LogP contribution in [0.4, 0.5) is 0 Å². The Kier molecular flexibility index (Phi) is 5.51. The number of thioether (sulfide) groups is 2. The molecular formula is C20H27NO2S2. The molecule has 3 aliphatic rings. The molecule has 2 aliphatic carbocycles. The average molecular weight is 378 g/mol. The summed E-state index contributed by atoms with van der Waals surface area (Å²) < 4.78 is 6.24. The maximum absolute atomic E-state index is 12.2. The number of rotatable bonds is 6. The minimum atomic E-state index is 0.00116. The first kappa shape index (κ1) is 17.6. The van der Waals surface area contributed by atoms with Crippen LogP contribution in [0.25, 0.3) is 0 Å². The number of carbonyl (C=O) groups is 1. The normalized spacial score (nSPS) is 29.7. The second-order valence-electron chi connectivity index (χ2n) is 7.63. The van der Waals surface area contributed by atoms with Gasteiger partial charge in [0.1, 0.15) is 5.75 Å². The molecule has 25 heavy (non-hydrogen) atoms. The number of amides is 1. The monoisotopic (exact) mass is 377 g/mol. The summed E-state index contributed by atoms with van der Waals surface area (Å²) in [5.41, 5.74) is 1.34. The highest BCUT2D eigenvalue weighted by atomic mass is 32.2. The van der Waals surface area contributed by atoms with E-state index in [1.54, 1.807) is 0 Å². The molecule has 1 aliphatic heterocycles. The molecule has 0 radical (unpaired) electrons. The summed E-state index contributed by atoms with van der Waals surface area (Å²) in [7, 11) is 0. The van der Waals surface area contributed by atoms with Crippen molar-refractivity contribution in [1.82, 2.24) is 5.32 Å². The van der Waals surface area contributed by atoms with Crippen LogP contribution in [-0.4, -0.2) is 30.1 Å². The Hall–Kier alpha value is -0.810. The highest BCUT2D eigenvalue weighted by molar-refractivity contribution is 8.19. The number of hydrogen-bond acceptors (Lipinski definition) is 4. The predicted molar refractivity (Wildman–Crippen MR) is 106 cm³/mol. The molecule has 1 N–H and O–H groups in total. The van der Waals surface area contributed by atoms with E-state index >= 15 is 0 Å². The Morgan fingerprint density at radius 1 is 1.20 bits per heavy atom. The molecule has 5 heteroatoms. The van der Waals surface area contributed by atoms with E-state index in [2.05, 4.69) is 24.4 Å². The van der Waals surface area contributed by atoms with Crippen LogP contribution in [0.1, 0.15) is 42.8 Å². The molecule has 1 aromatic rings. The number of fused-ring (bicyclic) bond motifs is 2. The minimum Gasteiger partial charge on any atom is -0.484 e. The topological polar surface area (TPSA) is 38.3 Å². The van der Waals surface area contributed by atoms with Crippen molar-refractivity contribution in [1.29, 1.82) is 0 Å². The van der Waals surface area contributed by atoms with Crippen LogP contribution in [0, 0.1) is 17.8 Å². The van der Waals surface area contributed by atoms with Gasteiger partial charge in [-0.1, -0.05) is 18.6 Å².